The summed E-state index contributed by atoms with van der Waals surface area (Å²) in [7, 11) is 0. The second-order valence-electron chi connectivity index (χ2n) is 7.51. The van der Waals surface area contributed by atoms with E-state index in [0.717, 1.165) is 17.2 Å². The lowest BCUT2D eigenvalue weighted by molar-refractivity contribution is -0.153. The van der Waals surface area contributed by atoms with E-state index in [0.29, 0.717) is 25.6 Å². The minimum atomic E-state index is -4.54. The van der Waals surface area contributed by atoms with Gasteiger partial charge in [0, 0.05) is 31.9 Å². The van der Waals surface area contributed by atoms with Crippen molar-refractivity contribution in [1.82, 2.24) is 14.5 Å². The molecule has 0 radical (unpaired) electrons. The number of hydrogen-bond donors (Lipinski definition) is 0. The molecule has 0 aliphatic carbocycles. The van der Waals surface area contributed by atoms with Gasteiger partial charge in [0.1, 0.15) is 17.7 Å². The number of rotatable bonds is 3. The van der Waals surface area contributed by atoms with Gasteiger partial charge in [0.2, 0.25) is 5.95 Å². The van der Waals surface area contributed by atoms with E-state index in [4.69, 9.17) is 4.74 Å². The molecule has 7 nitrogen and oxygen atoms in total. The average molecular weight is 427 g/mol. The Bertz CT molecular complexity index is 980. The molecule has 0 N–H and O–H groups in total. The van der Waals surface area contributed by atoms with Crippen LogP contribution in [0.4, 0.5) is 29.3 Å². The van der Waals surface area contributed by atoms with Crippen LogP contribution in [0.25, 0.3) is 0 Å². The zero-order valence-corrected chi connectivity index (χ0v) is 16.3. The molecule has 0 aromatic carbocycles. The van der Waals surface area contributed by atoms with E-state index in [1.807, 2.05) is 11.8 Å². The van der Waals surface area contributed by atoms with Crippen molar-refractivity contribution in [3.05, 3.63) is 46.3 Å². The molecule has 11 heteroatoms. The van der Waals surface area contributed by atoms with Crippen LogP contribution in [0.2, 0.25) is 0 Å². The fourth-order valence-corrected chi connectivity index (χ4v) is 3.93. The van der Waals surface area contributed by atoms with Crippen molar-refractivity contribution < 1.29 is 22.3 Å². The summed E-state index contributed by atoms with van der Waals surface area (Å²) < 4.78 is 61.6. The van der Waals surface area contributed by atoms with E-state index in [9.17, 15) is 22.4 Å². The third kappa shape index (κ3) is 3.98. The van der Waals surface area contributed by atoms with Gasteiger partial charge in [-0.15, -0.1) is 0 Å². The van der Waals surface area contributed by atoms with Crippen molar-refractivity contribution in [1.29, 1.82) is 0 Å². The standard InChI is InChI=1S/C19H21F4N5O2/c1-12-11-30-5-4-26(12)16-7-17(29)27-3-2-15(19(21,22)23)28(18(27)25-16)10-13-6-14(20)9-24-8-13/h6-9,12,15H,2-5,10-11H2,1H3. The number of alkyl halides is 3. The molecule has 2 atom stereocenters. The Morgan fingerprint density at radius 1 is 1.23 bits per heavy atom. The normalized spacial score (nSPS) is 22.2. The Morgan fingerprint density at radius 3 is 2.73 bits per heavy atom. The second kappa shape index (κ2) is 7.86. The van der Waals surface area contributed by atoms with E-state index < -0.39 is 23.6 Å². The van der Waals surface area contributed by atoms with Crippen LogP contribution in [0.5, 0.6) is 0 Å². The number of pyridine rings is 1. The minimum Gasteiger partial charge on any atom is -0.377 e. The maximum Gasteiger partial charge on any atom is 0.408 e. The van der Waals surface area contributed by atoms with Gasteiger partial charge in [-0.05, 0) is 25.0 Å². The van der Waals surface area contributed by atoms with Crippen LogP contribution >= 0.6 is 0 Å². The smallest absolute Gasteiger partial charge is 0.377 e. The number of ether oxygens (including phenoxy) is 1. The summed E-state index contributed by atoms with van der Waals surface area (Å²) in [5.74, 6) is -0.407. The van der Waals surface area contributed by atoms with Gasteiger partial charge in [-0.2, -0.15) is 18.2 Å². The number of morpholine rings is 1. The molecule has 0 bridgehead atoms. The molecule has 30 heavy (non-hydrogen) atoms. The summed E-state index contributed by atoms with van der Waals surface area (Å²) in [6, 6.07) is 0.564. The van der Waals surface area contributed by atoms with Gasteiger partial charge >= 0.3 is 6.18 Å². The van der Waals surface area contributed by atoms with Crippen LogP contribution in [0.15, 0.2) is 29.3 Å². The Balaban J connectivity index is 1.79. The van der Waals surface area contributed by atoms with Gasteiger partial charge in [-0.3, -0.25) is 14.3 Å². The zero-order chi connectivity index (χ0) is 21.5. The van der Waals surface area contributed by atoms with Crippen LogP contribution in [0.3, 0.4) is 0 Å². The quantitative estimate of drug-likeness (QED) is 0.701. The number of anilines is 2. The predicted molar refractivity (Wildman–Crippen MR) is 101 cm³/mol. The first-order chi connectivity index (χ1) is 14.2. The summed E-state index contributed by atoms with van der Waals surface area (Å²) in [5.41, 5.74) is -0.159. The third-order valence-electron chi connectivity index (χ3n) is 5.39. The Labute approximate surface area is 169 Å². The number of hydrogen-bond acceptors (Lipinski definition) is 6. The molecule has 0 spiro atoms. The Hall–Kier alpha value is -2.69. The fraction of sp³-hybridized carbons (Fsp3) is 0.526. The first kappa shape index (κ1) is 20.6. The molecular formula is C19H21F4N5O2. The van der Waals surface area contributed by atoms with Gasteiger partial charge in [0.15, 0.2) is 0 Å². The molecule has 4 rings (SSSR count). The molecule has 1 fully saturated rings. The van der Waals surface area contributed by atoms with Crippen molar-refractivity contribution in [3.8, 4) is 0 Å². The van der Waals surface area contributed by atoms with E-state index in [1.165, 1.54) is 16.8 Å². The SMILES string of the molecule is CC1COCCN1c1cc(=O)n2c(n1)N(Cc1cncc(F)c1)C(C(F)(F)F)CC2. The molecule has 2 aromatic heterocycles. The van der Waals surface area contributed by atoms with Gasteiger partial charge in [0.05, 0.1) is 25.5 Å². The summed E-state index contributed by atoms with van der Waals surface area (Å²) in [4.78, 5) is 23.8. The van der Waals surface area contributed by atoms with Gasteiger partial charge in [-0.1, -0.05) is 0 Å². The molecule has 2 aromatic rings. The number of aromatic nitrogens is 3. The Kier molecular flexibility index (Phi) is 5.39. The topological polar surface area (TPSA) is 63.5 Å². The van der Waals surface area contributed by atoms with Crippen LogP contribution in [-0.2, 0) is 17.8 Å². The number of nitrogens with zero attached hydrogens (tertiary/aromatic N) is 5. The van der Waals surface area contributed by atoms with Gasteiger partial charge < -0.3 is 14.5 Å². The van der Waals surface area contributed by atoms with E-state index in [2.05, 4.69) is 9.97 Å². The van der Waals surface area contributed by atoms with Crippen molar-refractivity contribution in [3.63, 3.8) is 0 Å². The molecule has 2 aliphatic rings. The Morgan fingerprint density at radius 2 is 2.03 bits per heavy atom. The largest absolute Gasteiger partial charge is 0.408 e. The fourth-order valence-electron chi connectivity index (χ4n) is 3.93. The maximum atomic E-state index is 13.8. The highest BCUT2D eigenvalue weighted by Crippen LogP contribution is 2.35. The predicted octanol–water partition coefficient (Wildman–Crippen LogP) is 2.34. The summed E-state index contributed by atoms with van der Waals surface area (Å²) in [6.07, 6.45) is -2.54. The maximum absolute atomic E-state index is 13.8. The first-order valence-corrected chi connectivity index (χ1v) is 9.63. The second-order valence-corrected chi connectivity index (χ2v) is 7.51. The van der Waals surface area contributed by atoms with E-state index >= 15 is 0 Å². The minimum absolute atomic E-state index is 0.0726. The summed E-state index contributed by atoms with van der Waals surface area (Å²) in [6.45, 7) is 2.88. The van der Waals surface area contributed by atoms with Crippen molar-refractivity contribution in [2.75, 3.05) is 29.6 Å². The molecule has 4 heterocycles. The summed E-state index contributed by atoms with van der Waals surface area (Å²) >= 11 is 0. The molecule has 1 saturated heterocycles. The third-order valence-corrected chi connectivity index (χ3v) is 5.39. The molecule has 2 unspecified atom stereocenters. The number of halogens is 4. The van der Waals surface area contributed by atoms with Gasteiger partial charge in [-0.25, -0.2) is 4.39 Å². The lowest BCUT2D eigenvalue weighted by Crippen LogP contribution is -2.52. The van der Waals surface area contributed by atoms with Crippen molar-refractivity contribution in [2.45, 2.75) is 44.7 Å². The molecular weight excluding hydrogens is 406 g/mol. The first-order valence-electron chi connectivity index (χ1n) is 9.63. The highest BCUT2D eigenvalue weighted by atomic mass is 19.4. The number of fused-ring (bicyclic) bond motifs is 1. The van der Waals surface area contributed by atoms with Crippen molar-refractivity contribution >= 4 is 11.8 Å². The highest BCUT2D eigenvalue weighted by Gasteiger charge is 2.47. The molecule has 0 saturated carbocycles. The lowest BCUT2D eigenvalue weighted by Gasteiger charge is -2.40. The van der Waals surface area contributed by atoms with E-state index in [-0.39, 0.29) is 37.1 Å². The van der Waals surface area contributed by atoms with Crippen LogP contribution in [0.1, 0.15) is 18.9 Å². The monoisotopic (exact) mass is 427 g/mol. The highest BCUT2D eigenvalue weighted by molar-refractivity contribution is 5.48. The van der Waals surface area contributed by atoms with Crippen molar-refractivity contribution in [2.24, 2.45) is 0 Å². The van der Waals surface area contributed by atoms with Crippen LogP contribution in [0, 0.1) is 5.82 Å². The molecule has 0 amide bonds. The van der Waals surface area contributed by atoms with Crippen LogP contribution in [-0.4, -0.2) is 52.6 Å². The molecule has 162 valence electrons. The lowest BCUT2D eigenvalue weighted by atomic mass is 10.1. The zero-order valence-electron chi connectivity index (χ0n) is 16.3. The van der Waals surface area contributed by atoms with E-state index in [1.54, 1.807) is 0 Å². The average Bonchev–Trinajstić information content (AvgIpc) is 2.68. The van der Waals surface area contributed by atoms with Gasteiger partial charge in [0.25, 0.3) is 5.56 Å². The van der Waals surface area contributed by atoms with Crippen LogP contribution < -0.4 is 15.4 Å². The molecule has 2 aliphatic heterocycles. The summed E-state index contributed by atoms with van der Waals surface area (Å²) in [5, 5.41) is 0.